The van der Waals surface area contributed by atoms with E-state index in [4.69, 9.17) is 0 Å². The van der Waals surface area contributed by atoms with Crippen molar-refractivity contribution in [2.24, 2.45) is 0 Å². The van der Waals surface area contributed by atoms with Crippen LogP contribution in [-0.2, 0) is 5.75 Å². The summed E-state index contributed by atoms with van der Waals surface area (Å²) in [6.07, 6.45) is 0. The number of carbonyl (C=O) groups excluding carboxylic acids is 1. The number of hydrogen-bond donors (Lipinski definition) is 0. The second kappa shape index (κ2) is 4.00. The summed E-state index contributed by atoms with van der Waals surface area (Å²) in [6.45, 7) is 0. The standard InChI is InChI=1S/C14H9FOS/c15-12-7-3-6-11-13(16)10-5-2-1-4-9(10)8-17-14(11)12/h1-7H,8H2. The largest absolute Gasteiger partial charge is 0.289 e. The van der Waals surface area contributed by atoms with Crippen LogP contribution >= 0.6 is 11.8 Å². The third-order valence-corrected chi connectivity index (χ3v) is 4.00. The zero-order valence-corrected chi connectivity index (χ0v) is 9.76. The highest BCUT2D eigenvalue weighted by Crippen LogP contribution is 2.35. The topological polar surface area (TPSA) is 17.1 Å². The molecule has 3 rings (SSSR count). The predicted molar refractivity (Wildman–Crippen MR) is 65.8 cm³/mol. The number of carbonyl (C=O) groups is 1. The summed E-state index contributed by atoms with van der Waals surface area (Å²) in [5, 5.41) is 0. The van der Waals surface area contributed by atoms with Crippen LogP contribution in [0.25, 0.3) is 0 Å². The molecule has 0 aromatic heterocycles. The summed E-state index contributed by atoms with van der Waals surface area (Å²) >= 11 is 1.39. The van der Waals surface area contributed by atoms with Crippen LogP contribution in [0.15, 0.2) is 47.4 Å². The molecule has 0 N–H and O–H groups in total. The number of rotatable bonds is 0. The van der Waals surface area contributed by atoms with E-state index in [1.54, 1.807) is 18.2 Å². The molecule has 1 aliphatic heterocycles. The number of thioether (sulfide) groups is 1. The number of hydrogen-bond acceptors (Lipinski definition) is 2. The Balaban J connectivity index is 2.24. The van der Waals surface area contributed by atoms with Gasteiger partial charge >= 0.3 is 0 Å². The molecule has 0 bridgehead atoms. The Bertz CT molecular complexity index is 607. The minimum Gasteiger partial charge on any atom is -0.289 e. The van der Waals surface area contributed by atoms with Crippen LogP contribution < -0.4 is 0 Å². The highest BCUT2D eigenvalue weighted by molar-refractivity contribution is 7.98. The first-order valence-electron chi connectivity index (χ1n) is 5.31. The molecule has 0 fully saturated rings. The maximum absolute atomic E-state index is 13.7. The van der Waals surface area contributed by atoms with Crippen LogP contribution in [0.2, 0.25) is 0 Å². The van der Waals surface area contributed by atoms with Gasteiger partial charge in [0.05, 0.1) is 4.90 Å². The van der Waals surface area contributed by atoms with Crippen molar-refractivity contribution in [3.05, 3.63) is 65.0 Å². The van der Waals surface area contributed by atoms with Crippen LogP contribution in [0.3, 0.4) is 0 Å². The van der Waals surface area contributed by atoms with Crippen molar-refractivity contribution >= 4 is 17.5 Å². The molecule has 0 spiro atoms. The second-order valence-electron chi connectivity index (χ2n) is 3.89. The van der Waals surface area contributed by atoms with E-state index in [-0.39, 0.29) is 11.6 Å². The molecule has 0 unspecified atom stereocenters. The molecule has 0 amide bonds. The smallest absolute Gasteiger partial charge is 0.194 e. The summed E-state index contributed by atoms with van der Waals surface area (Å²) < 4.78 is 13.7. The third kappa shape index (κ3) is 1.67. The van der Waals surface area contributed by atoms with Crippen molar-refractivity contribution in [1.82, 2.24) is 0 Å². The number of fused-ring (bicyclic) bond motifs is 2. The van der Waals surface area contributed by atoms with Crippen LogP contribution in [0, 0.1) is 5.82 Å². The zero-order valence-electron chi connectivity index (χ0n) is 8.94. The quantitative estimate of drug-likeness (QED) is 0.703. The summed E-state index contributed by atoms with van der Waals surface area (Å²) in [7, 11) is 0. The van der Waals surface area contributed by atoms with Gasteiger partial charge < -0.3 is 0 Å². The van der Waals surface area contributed by atoms with E-state index in [9.17, 15) is 9.18 Å². The minimum atomic E-state index is -0.311. The number of halogens is 1. The Labute approximate surface area is 103 Å². The molecule has 0 radical (unpaired) electrons. The highest BCUT2D eigenvalue weighted by atomic mass is 32.2. The first-order chi connectivity index (χ1) is 8.27. The summed E-state index contributed by atoms with van der Waals surface area (Å²) in [5.74, 6) is 0.240. The summed E-state index contributed by atoms with van der Waals surface area (Å²) in [5.41, 5.74) is 2.13. The lowest BCUT2D eigenvalue weighted by Crippen LogP contribution is -2.04. The lowest BCUT2D eigenvalue weighted by Gasteiger charge is -2.04. The predicted octanol–water partition coefficient (Wildman–Crippen LogP) is 3.66. The van der Waals surface area contributed by atoms with Gasteiger partial charge in [-0.25, -0.2) is 4.39 Å². The molecule has 2 aromatic rings. The van der Waals surface area contributed by atoms with Crippen molar-refractivity contribution in [2.45, 2.75) is 10.6 Å². The molecular formula is C14H9FOS. The number of benzene rings is 2. The molecular weight excluding hydrogens is 235 g/mol. The molecule has 1 aliphatic rings. The maximum atomic E-state index is 13.7. The van der Waals surface area contributed by atoms with Gasteiger partial charge in [-0.05, 0) is 17.7 Å². The maximum Gasteiger partial charge on any atom is 0.194 e. The van der Waals surface area contributed by atoms with Crippen molar-refractivity contribution in [3.63, 3.8) is 0 Å². The number of ketones is 1. The SMILES string of the molecule is O=C1c2ccccc2CSc2c(F)cccc21. The molecule has 0 aliphatic carbocycles. The molecule has 17 heavy (non-hydrogen) atoms. The lowest BCUT2D eigenvalue weighted by molar-refractivity contribution is 0.103. The fourth-order valence-electron chi connectivity index (χ4n) is 2.00. The van der Waals surface area contributed by atoms with Crippen LogP contribution in [0.1, 0.15) is 21.5 Å². The van der Waals surface area contributed by atoms with Crippen molar-refractivity contribution in [2.75, 3.05) is 0 Å². The molecule has 0 saturated heterocycles. The van der Waals surface area contributed by atoms with Crippen molar-refractivity contribution in [3.8, 4) is 0 Å². The fourth-order valence-corrected chi connectivity index (χ4v) is 3.07. The van der Waals surface area contributed by atoms with Gasteiger partial charge in [0, 0.05) is 16.9 Å². The summed E-state index contributed by atoms with van der Waals surface area (Å²) in [6, 6.07) is 12.1. The molecule has 1 heterocycles. The van der Waals surface area contributed by atoms with Gasteiger partial charge in [0.15, 0.2) is 5.78 Å². The zero-order chi connectivity index (χ0) is 11.8. The van der Waals surface area contributed by atoms with Gasteiger partial charge in [0.1, 0.15) is 5.82 Å². The van der Waals surface area contributed by atoms with Crippen LogP contribution in [0.5, 0.6) is 0 Å². The van der Waals surface area contributed by atoms with E-state index < -0.39 is 0 Å². The fraction of sp³-hybridized carbons (Fsp3) is 0.0714. The van der Waals surface area contributed by atoms with Gasteiger partial charge in [-0.1, -0.05) is 30.3 Å². The highest BCUT2D eigenvalue weighted by Gasteiger charge is 2.22. The van der Waals surface area contributed by atoms with Crippen molar-refractivity contribution in [1.29, 1.82) is 0 Å². The van der Waals surface area contributed by atoms with Gasteiger partial charge in [-0.3, -0.25) is 4.79 Å². The summed E-state index contributed by atoms with van der Waals surface area (Å²) in [4.78, 5) is 12.8. The Hall–Kier alpha value is -1.61. The molecule has 3 heteroatoms. The Morgan fingerprint density at radius 2 is 1.76 bits per heavy atom. The van der Waals surface area contributed by atoms with E-state index in [1.807, 2.05) is 18.2 Å². The molecule has 0 atom stereocenters. The first kappa shape index (κ1) is 10.5. The minimum absolute atomic E-state index is 0.0832. The average Bonchev–Trinajstić information content (AvgIpc) is 2.50. The van der Waals surface area contributed by atoms with Gasteiger partial charge in [-0.15, -0.1) is 11.8 Å². The van der Waals surface area contributed by atoms with E-state index in [0.29, 0.717) is 21.8 Å². The molecule has 84 valence electrons. The van der Waals surface area contributed by atoms with E-state index in [1.165, 1.54) is 17.8 Å². The average molecular weight is 244 g/mol. The van der Waals surface area contributed by atoms with E-state index in [2.05, 4.69) is 0 Å². The Kier molecular flexibility index (Phi) is 2.48. The van der Waals surface area contributed by atoms with Gasteiger partial charge in [0.2, 0.25) is 0 Å². The van der Waals surface area contributed by atoms with Crippen LogP contribution in [-0.4, -0.2) is 5.78 Å². The van der Waals surface area contributed by atoms with Gasteiger partial charge in [-0.2, -0.15) is 0 Å². The first-order valence-corrected chi connectivity index (χ1v) is 6.30. The lowest BCUT2D eigenvalue weighted by atomic mass is 9.99. The Morgan fingerprint density at radius 1 is 1.00 bits per heavy atom. The van der Waals surface area contributed by atoms with E-state index >= 15 is 0 Å². The normalized spacial score (nSPS) is 13.8. The molecule has 1 nitrogen and oxygen atoms in total. The third-order valence-electron chi connectivity index (χ3n) is 2.85. The van der Waals surface area contributed by atoms with Crippen LogP contribution in [0.4, 0.5) is 4.39 Å². The van der Waals surface area contributed by atoms with Crippen molar-refractivity contribution < 1.29 is 9.18 Å². The van der Waals surface area contributed by atoms with Gasteiger partial charge in [0.25, 0.3) is 0 Å². The second-order valence-corrected chi connectivity index (χ2v) is 4.88. The molecule has 0 saturated carbocycles. The Morgan fingerprint density at radius 3 is 2.65 bits per heavy atom. The van der Waals surface area contributed by atoms with E-state index in [0.717, 1.165) is 5.56 Å². The molecule has 2 aromatic carbocycles. The monoisotopic (exact) mass is 244 g/mol.